The van der Waals surface area contributed by atoms with E-state index in [4.69, 9.17) is 4.42 Å². The molecule has 2 fully saturated rings. The molecule has 1 atom stereocenters. The number of piperidine rings is 1. The van der Waals surface area contributed by atoms with Crippen LogP contribution in [-0.4, -0.2) is 49.1 Å². The summed E-state index contributed by atoms with van der Waals surface area (Å²) >= 11 is 0. The molecule has 112 valence electrons. The Labute approximate surface area is 120 Å². The molecule has 1 spiro atoms. The highest BCUT2D eigenvalue weighted by atomic mass is 32.2. The van der Waals surface area contributed by atoms with Crippen molar-refractivity contribution < 1.29 is 12.8 Å². The number of furan rings is 1. The fourth-order valence-electron chi connectivity index (χ4n) is 3.82. The van der Waals surface area contributed by atoms with Crippen molar-refractivity contribution in [2.45, 2.75) is 37.8 Å². The zero-order chi connectivity index (χ0) is 14.2. The molecule has 5 nitrogen and oxygen atoms in total. The summed E-state index contributed by atoms with van der Waals surface area (Å²) < 4.78 is 30.9. The summed E-state index contributed by atoms with van der Waals surface area (Å²) in [6.07, 6.45) is 8.81. The van der Waals surface area contributed by atoms with Crippen LogP contribution in [-0.2, 0) is 16.6 Å². The Morgan fingerprint density at radius 3 is 2.70 bits per heavy atom. The van der Waals surface area contributed by atoms with Gasteiger partial charge in [0.25, 0.3) is 0 Å². The maximum Gasteiger partial charge on any atom is 0.211 e. The van der Waals surface area contributed by atoms with E-state index >= 15 is 0 Å². The van der Waals surface area contributed by atoms with Crippen LogP contribution in [0.4, 0.5) is 0 Å². The van der Waals surface area contributed by atoms with Crippen LogP contribution < -0.4 is 0 Å². The third-order valence-corrected chi connectivity index (χ3v) is 5.92. The van der Waals surface area contributed by atoms with Gasteiger partial charge in [0, 0.05) is 30.7 Å². The second-order valence-corrected chi connectivity index (χ2v) is 8.02. The first-order valence-corrected chi connectivity index (χ1v) is 9.06. The smallest absolute Gasteiger partial charge is 0.211 e. The number of rotatable bonds is 3. The monoisotopic (exact) mass is 298 g/mol. The van der Waals surface area contributed by atoms with Crippen LogP contribution >= 0.6 is 0 Å². The average molecular weight is 298 g/mol. The Kier molecular flexibility index (Phi) is 3.64. The van der Waals surface area contributed by atoms with Gasteiger partial charge in [-0.05, 0) is 38.3 Å². The molecule has 0 radical (unpaired) electrons. The van der Waals surface area contributed by atoms with E-state index < -0.39 is 10.0 Å². The second-order valence-electron chi connectivity index (χ2n) is 6.11. The molecule has 3 rings (SSSR count). The third kappa shape index (κ3) is 2.64. The lowest BCUT2D eigenvalue weighted by Crippen LogP contribution is -2.56. The summed E-state index contributed by atoms with van der Waals surface area (Å²) in [5.74, 6) is 0. The Morgan fingerprint density at radius 2 is 2.05 bits per heavy atom. The Bertz CT molecular complexity index is 555. The van der Waals surface area contributed by atoms with Gasteiger partial charge >= 0.3 is 0 Å². The quantitative estimate of drug-likeness (QED) is 0.852. The highest BCUT2D eigenvalue weighted by molar-refractivity contribution is 7.88. The number of hydrogen-bond donors (Lipinski definition) is 0. The van der Waals surface area contributed by atoms with Crippen LogP contribution in [0.15, 0.2) is 23.0 Å². The van der Waals surface area contributed by atoms with Gasteiger partial charge in [0.1, 0.15) is 0 Å². The van der Waals surface area contributed by atoms with Crippen molar-refractivity contribution in [2.75, 3.05) is 25.9 Å². The highest BCUT2D eigenvalue weighted by Gasteiger charge is 2.47. The van der Waals surface area contributed by atoms with Crippen molar-refractivity contribution in [3.8, 4) is 0 Å². The number of likely N-dealkylation sites (tertiary alicyclic amines) is 1. The fraction of sp³-hybridized carbons (Fsp3) is 0.714. The van der Waals surface area contributed by atoms with Gasteiger partial charge in [-0.25, -0.2) is 8.42 Å². The van der Waals surface area contributed by atoms with Gasteiger partial charge in [0.05, 0.1) is 18.8 Å². The average Bonchev–Trinajstić information content (AvgIpc) is 2.99. The topological polar surface area (TPSA) is 53.8 Å². The molecule has 0 aliphatic carbocycles. The third-order valence-electron chi connectivity index (χ3n) is 4.55. The van der Waals surface area contributed by atoms with E-state index in [1.54, 1.807) is 16.8 Å². The fourth-order valence-corrected chi connectivity index (χ4v) is 5.23. The largest absolute Gasteiger partial charge is 0.472 e. The first-order chi connectivity index (χ1) is 9.50. The first-order valence-electron chi connectivity index (χ1n) is 7.21. The Morgan fingerprint density at radius 1 is 1.30 bits per heavy atom. The van der Waals surface area contributed by atoms with Gasteiger partial charge in [-0.2, -0.15) is 4.31 Å². The van der Waals surface area contributed by atoms with Crippen molar-refractivity contribution in [1.29, 1.82) is 0 Å². The molecular weight excluding hydrogens is 276 g/mol. The van der Waals surface area contributed by atoms with Crippen molar-refractivity contribution in [2.24, 2.45) is 0 Å². The van der Waals surface area contributed by atoms with Crippen molar-refractivity contribution in [3.05, 3.63) is 24.2 Å². The zero-order valence-electron chi connectivity index (χ0n) is 11.9. The number of nitrogens with zero attached hydrogens (tertiary/aromatic N) is 2. The van der Waals surface area contributed by atoms with Gasteiger partial charge in [-0.3, -0.25) is 4.90 Å². The minimum atomic E-state index is -3.11. The lowest BCUT2D eigenvalue weighted by molar-refractivity contribution is 0.0840. The van der Waals surface area contributed by atoms with E-state index in [2.05, 4.69) is 4.90 Å². The lowest BCUT2D eigenvalue weighted by atomic mass is 9.87. The van der Waals surface area contributed by atoms with E-state index in [0.29, 0.717) is 6.54 Å². The normalized spacial score (nSPS) is 29.2. The molecule has 0 unspecified atom stereocenters. The van der Waals surface area contributed by atoms with Crippen LogP contribution in [0.3, 0.4) is 0 Å². The molecule has 0 saturated carbocycles. The molecule has 2 saturated heterocycles. The predicted molar refractivity (Wildman–Crippen MR) is 76.7 cm³/mol. The van der Waals surface area contributed by atoms with Gasteiger partial charge in [0.15, 0.2) is 0 Å². The standard InChI is InChI=1S/C14H22N2O3S/c1-20(17,18)16-8-3-6-14(16)5-2-7-15(12-14)10-13-4-9-19-11-13/h4,9,11H,2-3,5-8,10,12H2,1H3/t14-/m1/s1. The summed E-state index contributed by atoms with van der Waals surface area (Å²) in [7, 11) is -3.11. The molecular formula is C14H22N2O3S. The SMILES string of the molecule is CS(=O)(=O)N1CCC[C@@]12CCCN(Cc1ccoc1)C2. The van der Waals surface area contributed by atoms with Gasteiger partial charge in [-0.15, -0.1) is 0 Å². The predicted octanol–water partition coefficient (Wildman–Crippen LogP) is 1.67. The number of hydrogen-bond acceptors (Lipinski definition) is 4. The summed E-state index contributed by atoms with van der Waals surface area (Å²) in [5.41, 5.74) is 0.987. The van der Waals surface area contributed by atoms with Gasteiger partial charge < -0.3 is 4.42 Å². The molecule has 1 aromatic rings. The Balaban J connectivity index is 1.77. The molecule has 0 bridgehead atoms. The van der Waals surface area contributed by atoms with E-state index in [1.165, 1.54) is 6.26 Å². The van der Waals surface area contributed by atoms with E-state index in [9.17, 15) is 8.42 Å². The lowest BCUT2D eigenvalue weighted by Gasteiger charge is -2.44. The van der Waals surface area contributed by atoms with Crippen LogP contribution in [0.2, 0.25) is 0 Å². The maximum atomic E-state index is 12.0. The molecule has 3 heterocycles. The molecule has 20 heavy (non-hydrogen) atoms. The van der Waals surface area contributed by atoms with Crippen LogP contribution in [0, 0.1) is 0 Å². The molecule has 2 aliphatic heterocycles. The summed E-state index contributed by atoms with van der Waals surface area (Å²) in [4.78, 5) is 2.36. The summed E-state index contributed by atoms with van der Waals surface area (Å²) in [6, 6.07) is 1.98. The molecule has 6 heteroatoms. The molecule has 1 aromatic heterocycles. The molecule has 2 aliphatic rings. The zero-order valence-corrected chi connectivity index (χ0v) is 12.7. The maximum absolute atomic E-state index is 12.0. The Hall–Kier alpha value is -0.850. The van der Waals surface area contributed by atoms with E-state index in [-0.39, 0.29) is 5.54 Å². The summed E-state index contributed by atoms with van der Waals surface area (Å²) in [5, 5.41) is 0. The van der Waals surface area contributed by atoms with Gasteiger partial charge in [-0.1, -0.05) is 0 Å². The minimum Gasteiger partial charge on any atom is -0.472 e. The van der Waals surface area contributed by atoms with Crippen molar-refractivity contribution in [1.82, 2.24) is 9.21 Å². The van der Waals surface area contributed by atoms with Crippen LogP contribution in [0.25, 0.3) is 0 Å². The minimum absolute atomic E-state index is 0.171. The first kappa shape index (κ1) is 14.1. The molecule has 0 N–H and O–H groups in total. The second kappa shape index (κ2) is 5.16. The van der Waals surface area contributed by atoms with Crippen molar-refractivity contribution >= 4 is 10.0 Å². The highest BCUT2D eigenvalue weighted by Crippen LogP contribution is 2.39. The molecule has 0 amide bonds. The molecule has 0 aromatic carbocycles. The summed E-state index contributed by atoms with van der Waals surface area (Å²) in [6.45, 7) is 3.39. The number of sulfonamides is 1. The van der Waals surface area contributed by atoms with Crippen LogP contribution in [0.5, 0.6) is 0 Å². The van der Waals surface area contributed by atoms with Crippen LogP contribution in [0.1, 0.15) is 31.2 Å². The van der Waals surface area contributed by atoms with E-state index in [1.807, 2.05) is 6.07 Å². The van der Waals surface area contributed by atoms with Crippen molar-refractivity contribution in [3.63, 3.8) is 0 Å². The van der Waals surface area contributed by atoms with Gasteiger partial charge in [0.2, 0.25) is 10.0 Å². The van der Waals surface area contributed by atoms with E-state index in [0.717, 1.165) is 50.9 Å².